The number of esters is 1. The number of ether oxygens (including phenoxy) is 2. The Hall–Kier alpha value is -3.32. The highest BCUT2D eigenvalue weighted by molar-refractivity contribution is 6.30. The number of hydrogen-bond acceptors (Lipinski definition) is 5. The average molecular weight is 412 g/mol. The number of carbonyl (C=O) groups is 2. The highest BCUT2D eigenvalue weighted by atomic mass is 35.5. The molecule has 148 valence electrons. The molecule has 1 aromatic heterocycles. The zero-order valence-electron chi connectivity index (χ0n) is 15.7. The van der Waals surface area contributed by atoms with Crippen molar-refractivity contribution in [3.05, 3.63) is 76.6 Å². The Morgan fingerprint density at radius 2 is 1.93 bits per heavy atom. The van der Waals surface area contributed by atoms with Crippen molar-refractivity contribution >= 4 is 29.4 Å². The van der Waals surface area contributed by atoms with E-state index in [1.807, 2.05) is 37.3 Å². The molecule has 2 aromatic carbocycles. The Balaban J connectivity index is 1.49. The molecule has 0 bridgehead atoms. The highest BCUT2D eigenvalue weighted by Gasteiger charge is 2.24. The van der Waals surface area contributed by atoms with Crippen LogP contribution in [-0.4, -0.2) is 35.0 Å². The molecule has 1 amide bonds. The SMILES string of the molecule is Cc1nn(-c2ccccc2)c(Cl)c1COC(=O)c1cccc(N2CCOC2=O)c1. The van der Waals surface area contributed by atoms with Crippen molar-refractivity contribution in [2.75, 3.05) is 18.1 Å². The summed E-state index contributed by atoms with van der Waals surface area (Å²) in [5.74, 6) is -0.512. The molecule has 3 aromatic rings. The van der Waals surface area contributed by atoms with E-state index in [0.717, 1.165) is 5.69 Å². The van der Waals surface area contributed by atoms with Crippen LogP contribution in [0.4, 0.5) is 10.5 Å². The van der Waals surface area contributed by atoms with Crippen LogP contribution in [0.3, 0.4) is 0 Å². The molecule has 0 spiro atoms. The third-order valence-corrected chi connectivity index (χ3v) is 5.01. The van der Waals surface area contributed by atoms with E-state index in [9.17, 15) is 9.59 Å². The number of halogens is 1. The molecular formula is C21H18ClN3O4. The molecule has 4 rings (SSSR count). The fraction of sp³-hybridized carbons (Fsp3) is 0.190. The second kappa shape index (κ2) is 7.97. The minimum absolute atomic E-state index is 0.00762. The average Bonchev–Trinajstić information content (AvgIpc) is 3.30. The van der Waals surface area contributed by atoms with Gasteiger partial charge in [0.15, 0.2) is 0 Å². The molecule has 1 aliphatic heterocycles. The van der Waals surface area contributed by atoms with Crippen LogP contribution in [0, 0.1) is 6.92 Å². The molecule has 1 fully saturated rings. The standard InChI is InChI=1S/C21H18ClN3O4/c1-14-18(19(22)25(23-14)16-7-3-2-4-8-16)13-29-20(26)15-6-5-9-17(12-15)24-10-11-28-21(24)27/h2-9,12H,10-11,13H2,1H3. The molecule has 1 saturated heterocycles. The van der Waals surface area contributed by atoms with Gasteiger partial charge in [0.2, 0.25) is 0 Å². The van der Waals surface area contributed by atoms with Crippen molar-refractivity contribution < 1.29 is 19.1 Å². The minimum atomic E-state index is -0.512. The topological polar surface area (TPSA) is 73.7 Å². The maximum absolute atomic E-state index is 12.5. The predicted molar refractivity (Wildman–Crippen MR) is 108 cm³/mol. The smallest absolute Gasteiger partial charge is 0.414 e. The van der Waals surface area contributed by atoms with Crippen LogP contribution in [0.15, 0.2) is 54.6 Å². The maximum Gasteiger partial charge on any atom is 0.414 e. The Labute approximate surface area is 172 Å². The summed E-state index contributed by atoms with van der Waals surface area (Å²) < 4.78 is 12.0. The number of rotatable bonds is 5. The van der Waals surface area contributed by atoms with Crippen LogP contribution < -0.4 is 4.90 Å². The summed E-state index contributed by atoms with van der Waals surface area (Å²) in [4.78, 5) is 25.7. The number of amides is 1. The van der Waals surface area contributed by atoms with Gasteiger partial charge < -0.3 is 9.47 Å². The van der Waals surface area contributed by atoms with Crippen molar-refractivity contribution in [3.63, 3.8) is 0 Å². The first-order chi connectivity index (χ1) is 14.0. The summed E-state index contributed by atoms with van der Waals surface area (Å²) >= 11 is 6.47. The van der Waals surface area contributed by atoms with Crippen LogP contribution in [0.2, 0.25) is 5.15 Å². The number of hydrogen-bond donors (Lipinski definition) is 0. The normalized spacial score (nSPS) is 13.4. The van der Waals surface area contributed by atoms with E-state index in [1.165, 1.54) is 4.90 Å². The zero-order chi connectivity index (χ0) is 20.4. The Bertz CT molecular complexity index is 1070. The molecule has 1 aliphatic rings. The predicted octanol–water partition coefficient (Wildman–Crippen LogP) is 4.15. The van der Waals surface area contributed by atoms with Crippen molar-refractivity contribution in [2.24, 2.45) is 0 Å². The molecule has 0 unspecified atom stereocenters. The summed E-state index contributed by atoms with van der Waals surface area (Å²) in [6.07, 6.45) is -0.425. The Kier molecular flexibility index (Phi) is 5.22. The number of aryl methyl sites for hydroxylation is 1. The molecule has 0 N–H and O–H groups in total. The van der Waals surface area contributed by atoms with Crippen LogP contribution >= 0.6 is 11.6 Å². The molecule has 29 heavy (non-hydrogen) atoms. The van der Waals surface area contributed by atoms with Crippen LogP contribution in [0.5, 0.6) is 0 Å². The van der Waals surface area contributed by atoms with Gasteiger partial charge >= 0.3 is 12.1 Å². The number of anilines is 1. The van der Waals surface area contributed by atoms with E-state index >= 15 is 0 Å². The number of benzene rings is 2. The zero-order valence-corrected chi connectivity index (χ0v) is 16.4. The lowest BCUT2D eigenvalue weighted by molar-refractivity contribution is 0.0472. The van der Waals surface area contributed by atoms with E-state index in [4.69, 9.17) is 21.1 Å². The fourth-order valence-electron chi connectivity index (χ4n) is 3.09. The first kappa shape index (κ1) is 19.0. The lowest BCUT2D eigenvalue weighted by Crippen LogP contribution is -2.23. The lowest BCUT2D eigenvalue weighted by Gasteiger charge is -2.13. The van der Waals surface area contributed by atoms with Crippen molar-refractivity contribution in [1.82, 2.24) is 9.78 Å². The van der Waals surface area contributed by atoms with Gasteiger partial charge in [0, 0.05) is 11.3 Å². The van der Waals surface area contributed by atoms with E-state index in [0.29, 0.717) is 40.8 Å². The summed E-state index contributed by atoms with van der Waals surface area (Å²) in [6, 6.07) is 16.2. The number of nitrogens with zero attached hydrogens (tertiary/aromatic N) is 3. The van der Waals surface area contributed by atoms with Gasteiger partial charge in [-0.15, -0.1) is 0 Å². The van der Waals surface area contributed by atoms with Gasteiger partial charge in [-0.05, 0) is 37.3 Å². The van der Waals surface area contributed by atoms with Gasteiger partial charge in [-0.1, -0.05) is 35.9 Å². The second-order valence-electron chi connectivity index (χ2n) is 6.49. The lowest BCUT2D eigenvalue weighted by atomic mass is 10.2. The molecule has 2 heterocycles. The molecule has 0 radical (unpaired) electrons. The fourth-order valence-corrected chi connectivity index (χ4v) is 3.41. The largest absolute Gasteiger partial charge is 0.457 e. The van der Waals surface area contributed by atoms with Crippen LogP contribution in [0.1, 0.15) is 21.6 Å². The summed E-state index contributed by atoms with van der Waals surface area (Å²) in [5, 5.41) is 4.84. The molecule has 0 saturated carbocycles. The third kappa shape index (κ3) is 3.82. The molecular weight excluding hydrogens is 394 g/mol. The van der Waals surface area contributed by atoms with Gasteiger partial charge in [0.05, 0.1) is 23.5 Å². The first-order valence-electron chi connectivity index (χ1n) is 9.05. The number of aromatic nitrogens is 2. The highest BCUT2D eigenvalue weighted by Crippen LogP contribution is 2.25. The minimum Gasteiger partial charge on any atom is -0.457 e. The van der Waals surface area contributed by atoms with Gasteiger partial charge in [-0.2, -0.15) is 5.10 Å². The summed E-state index contributed by atoms with van der Waals surface area (Å²) in [6.45, 7) is 2.59. The van der Waals surface area contributed by atoms with Gasteiger partial charge in [0.25, 0.3) is 0 Å². The summed E-state index contributed by atoms with van der Waals surface area (Å²) in [7, 11) is 0. The molecule has 8 heteroatoms. The van der Waals surface area contributed by atoms with E-state index in [2.05, 4.69) is 5.10 Å². The molecule has 7 nitrogen and oxygen atoms in total. The van der Waals surface area contributed by atoms with Crippen molar-refractivity contribution in [1.29, 1.82) is 0 Å². The maximum atomic E-state index is 12.5. The Morgan fingerprint density at radius 1 is 1.17 bits per heavy atom. The van der Waals surface area contributed by atoms with Gasteiger partial charge in [-0.3, -0.25) is 4.90 Å². The van der Waals surface area contributed by atoms with Gasteiger partial charge in [0.1, 0.15) is 18.4 Å². The van der Waals surface area contributed by atoms with E-state index in [1.54, 1.807) is 28.9 Å². The second-order valence-corrected chi connectivity index (χ2v) is 6.85. The summed E-state index contributed by atoms with van der Waals surface area (Å²) in [5.41, 5.74) is 3.08. The van der Waals surface area contributed by atoms with Gasteiger partial charge in [-0.25, -0.2) is 14.3 Å². The quantitative estimate of drug-likeness (QED) is 0.590. The number of carbonyl (C=O) groups excluding carboxylic acids is 2. The van der Waals surface area contributed by atoms with Crippen molar-refractivity contribution in [3.8, 4) is 5.69 Å². The van der Waals surface area contributed by atoms with Crippen LogP contribution in [0.25, 0.3) is 5.69 Å². The molecule has 0 aliphatic carbocycles. The van der Waals surface area contributed by atoms with Crippen molar-refractivity contribution in [2.45, 2.75) is 13.5 Å². The first-order valence-corrected chi connectivity index (χ1v) is 9.43. The molecule has 0 atom stereocenters. The van der Waals surface area contributed by atoms with E-state index in [-0.39, 0.29) is 6.61 Å². The third-order valence-electron chi connectivity index (χ3n) is 4.62. The van der Waals surface area contributed by atoms with E-state index < -0.39 is 12.1 Å². The monoisotopic (exact) mass is 411 g/mol. The van der Waals surface area contributed by atoms with Crippen LogP contribution in [-0.2, 0) is 16.1 Å². The number of para-hydroxylation sites is 1. The number of cyclic esters (lactones) is 1. The Morgan fingerprint density at radius 3 is 2.66 bits per heavy atom.